The molecular formula is C16H21N3O2. The second-order valence-corrected chi connectivity index (χ2v) is 6.14. The molecule has 0 spiro atoms. The standard InChI is InChI=1S/C16H21N3O2/c1-3-13-14(20)19(10-11-6-8-17-9-7-11)16(2,12-4-5-12)15(21)18-13/h6-9,12-13H,3-5,10H2,1-2H3,(H,18,21). The van der Waals surface area contributed by atoms with Crippen molar-refractivity contribution < 1.29 is 9.59 Å². The summed E-state index contributed by atoms with van der Waals surface area (Å²) in [6.07, 6.45) is 6.09. The summed E-state index contributed by atoms with van der Waals surface area (Å²) in [6.45, 7) is 4.30. The van der Waals surface area contributed by atoms with Crippen molar-refractivity contribution in [2.45, 2.75) is 51.2 Å². The minimum atomic E-state index is -0.716. The van der Waals surface area contributed by atoms with Crippen LogP contribution in [0.25, 0.3) is 0 Å². The number of carbonyl (C=O) groups is 2. The molecule has 1 aromatic heterocycles. The van der Waals surface area contributed by atoms with Crippen molar-refractivity contribution >= 4 is 11.8 Å². The fraction of sp³-hybridized carbons (Fsp3) is 0.562. The lowest BCUT2D eigenvalue weighted by Gasteiger charge is -2.46. The van der Waals surface area contributed by atoms with Gasteiger partial charge in [0, 0.05) is 18.9 Å². The Labute approximate surface area is 124 Å². The Hall–Kier alpha value is -1.91. The number of piperazine rings is 1. The highest BCUT2D eigenvalue weighted by Gasteiger charge is 2.56. The normalized spacial score (nSPS) is 29.4. The monoisotopic (exact) mass is 287 g/mol. The maximum absolute atomic E-state index is 12.7. The van der Waals surface area contributed by atoms with Crippen LogP contribution in [0.4, 0.5) is 0 Å². The van der Waals surface area contributed by atoms with Gasteiger partial charge in [0.25, 0.3) is 0 Å². The van der Waals surface area contributed by atoms with Crippen LogP contribution in [-0.4, -0.2) is 33.3 Å². The molecule has 1 aromatic rings. The molecule has 0 bridgehead atoms. The third kappa shape index (κ3) is 2.30. The van der Waals surface area contributed by atoms with Crippen LogP contribution in [0.1, 0.15) is 38.7 Å². The number of nitrogens with zero attached hydrogens (tertiary/aromatic N) is 2. The van der Waals surface area contributed by atoms with E-state index in [0.29, 0.717) is 13.0 Å². The van der Waals surface area contributed by atoms with E-state index in [1.165, 1.54) is 0 Å². The van der Waals surface area contributed by atoms with Crippen LogP contribution in [0, 0.1) is 5.92 Å². The molecule has 1 aliphatic heterocycles. The molecule has 3 rings (SSSR count). The van der Waals surface area contributed by atoms with Crippen molar-refractivity contribution in [3.63, 3.8) is 0 Å². The number of hydrogen-bond acceptors (Lipinski definition) is 3. The average Bonchev–Trinajstić information content (AvgIpc) is 3.33. The Bertz CT molecular complexity index is 556. The van der Waals surface area contributed by atoms with Gasteiger partial charge >= 0.3 is 0 Å². The van der Waals surface area contributed by atoms with E-state index >= 15 is 0 Å². The number of carbonyl (C=O) groups excluding carboxylic acids is 2. The number of pyridine rings is 1. The third-order valence-electron chi connectivity index (χ3n) is 4.76. The Balaban J connectivity index is 1.94. The summed E-state index contributed by atoms with van der Waals surface area (Å²) >= 11 is 0. The molecule has 5 nitrogen and oxygen atoms in total. The van der Waals surface area contributed by atoms with Gasteiger partial charge in [-0.25, -0.2) is 0 Å². The summed E-state index contributed by atoms with van der Waals surface area (Å²) in [5.41, 5.74) is 0.293. The molecule has 5 heteroatoms. The first kappa shape index (κ1) is 14.0. The lowest BCUT2D eigenvalue weighted by Crippen LogP contribution is -2.69. The van der Waals surface area contributed by atoms with Crippen LogP contribution in [0.15, 0.2) is 24.5 Å². The zero-order valence-corrected chi connectivity index (χ0v) is 12.5. The van der Waals surface area contributed by atoms with Crippen molar-refractivity contribution in [3.8, 4) is 0 Å². The van der Waals surface area contributed by atoms with E-state index in [4.69, 9.17) is 0 Å². The predicted octanol–water partition coefficient (Wildman–Crippen LogP) is 1.49. The molecule has 0 aromatic carbocycles. The highest BCUT2D eigenvalue weighted by Crippen LogP contribution is 2.45. The molecule has 21 heavy (non-hydrogen) atoms. The zero-order chi connectivity index (χ0) is 15.0. The summed E-state index contributed by atoms with van der Waals surface area (Å²) in [4.78, 5) is 31.1. The first-order valence-electron chi connectivity index (χ1n) is 7.58. The first-order valence-corrected chi connectivity index (χ1v) is 7.58. The molecular weight excluding hydrogens is 266 g/mol. The minimum absolute atomic E-state index is 0.00879. The van der Waals surface area contributed by atoms with Crippen LogP contribution < -0.4 is 5.32 Å². The van der Waals surface area contributed by atoms with Crippen molar-refractivity contribution in [3.05, 3.63) is 30.1 Å². The van der Waals surface area contributed by atoms with Crippen molar-refractivity contribution in [2.24, 2.45) is 5.92 Å². The Morgan fingerprint density at radius 1 is 1.33 bits per heavy atom. The average molecular weight is 287 g/mol. The van der Waals surface area contributed by atoms with E-state index in [9.17, 15) is 9.59 Å². The van der Waals surface area contributed by atoms with Gasteiger partial charge in [-0.2, -0.15) is 0 Å². The number of nitrogens with one attached hydrogen (secondary N) is 1. The summed E-state index contributed by atoms with van der Waals surface area (Å²) < 4.78 is 0. The SMILES string of the molecule is CCC1NC(=O)C(C)(C2CC2)N(Cc2ccncc2)C1=O. The highest BCUT2D eigenvalue weighted by molar-refractivity contribution is 6.00. The van der Waals surface area contributed by atoms with Gasteiger partial charge in [0.05, 0.1) is 0 Å². The van der Waals surface area contributed by atoms with Crippen molar-refractivity contribution in [1.82, 2.24) is 15.2 Å². The van der Waals surface area contributed by atoms with Crippen LogP contribution in [-0.2, 0) is 16.1 Å². The molecule has 1 saturated heterocycles. The van der Waals surface area contributed by atoms with Gasteiger partial charge in [0.15, 0.2) is 0 Å². The summed E-state index contributed by atoms with van der Waals surface area (Å²) in [5.74, 6) is 0.301. The molecule has 1 saturated carbocycles. The van der Waals surface area contributed by atoms with Gasteiger partial charge in [0.2, 0.25) is 11.8 Å². The minimum Gasteiger partial charge on any atom is -0.342 e. The Kier molecular flexibility index (Phi) is 3.43. The molecule has 0 radical (unpaired) electrons. The maximum Gasteiger partial charge on any atom is 0.246 e. The molecule has 2 amide bonds. The first-order chi connectivity index (χ1) is 10.1. The molecule has 2 aliphatic rings. The Morgan fingerprint density at radius 3 is 2.57 bits per heavy atom. The van der Waals surface area contributed by atoms with E-state index in [-0.39, 0.29) is 17.7 Å². The van der Waals surface area contributed by atoms with Crippen LogP contribution in [0.2, 0.25) is 0 Å². The molecule has 2 fully saturated rings. The predicted molar refractivity (Wildman–Crippen MR) is 78.1 cm³/mol. The lowest BCUT2D eigenvalue weighted by atomic mass is 9.87. The highest BCUT2D eigenvalue weighted by atomic mass is 16.2. The fourth-order valence-electron chi connectivity index (χ4n) is 3.15. The largest absolute Gasteiger partial charge is 0.342 e. The summed E-state index contributed by atoms with van der Waals surface area (Å²) in [7, 11) is 0. The fourth-order valence-corrected chi connectivity index (χ4v) is 3.15. The van der Waals surface area contributed by atoms with E-state index in [1.807, 2.05) is 26.0 Å². The van der Waals surface area contributed by atoms with Gasteiger partial charge in [-0.15, -0.1) is 0 Å². The molecule has 2 unspecified atom stereocenters. The van der Waals surface area contributed by atoms with Gasteiger partial charge in [-0.05, 0) is 49.8 Å². The number of amides is 2. The zero-order valence-electron chi connectivity index (χ0n) is 12.5. The maximum atomic E-state index is 12.7. The molecule has 112 valence electrons. The second-order valence-electron chi connectivity index (χ2n) is 6.14. The second kappa shape index (κ2) is 5.13. The Morgan fingerprint density at radius 2 is 2.00 bits per heavy atom. The molecule has 1 N–H and O–H groups in total. The van der Waals surface area contributed by atoms with E-state index in [0.717, 1.165) is 18.4 Å². The lowest BCUT2D eigenvalue weighted by molar-refractivity contribution is -0.159. The number of hydrogen-bond donors (Lipinski definition) is 1. The molecule has 2 heterocycles. The smallest absolute Gasteiger partial charge is 0.246 e. The van der Waals surface area contributed by atoms with E-state index < -0.39 is 11.6 Å². The van der Waals surface area contributed by atoms with Crippen LogP contribution >= 0.6 is 0 Å². The van der Waals surface area contributed by atoms with Gasteiger partial charge in [-0.3, -0.25) is 14.6 Å². The summed E-state index contributed by atoms with van der Waals surface area (Å²) in [5, 5.41) is 2.90. The third-order valence-corrected chi connectivity index (χ3v) is 4.76. The number of rotatable bonds is 4. The van der Waals surface area contributed by atoms with E-state index in [1.54, 1.807) is 17.3 Å². The quantitative estimate of drug-likeness (QED) is 0.912. The summed E-state index contributed by atoms with van der Waals surface area (Å²) in [6, 6.07) is 3.40. The van der Waals surface area contributed by atoms with Crippen molar-refractivity contribution in [1.29, 1.82) is 0 Å². The topological polar surface area (TPSA) is 62.3 Å². The molecule has 1 aliphatic carbocycles. The van der Waals surface area contributed by atoms with Gasteiger partial charge in [0.1, 0.15) is 11.6 Å². The number of aromatic nitrogens is 1. The van der Waals surface area contributed by atoms with Gasteiger partial charge < -0.3 is 10.2 Å². The van der Waals surface area contributed by atoms with E-state index in [2.05, 4.69) is 10.3 Å². The van der Waals surface area contributed by atoms with Crippen LogP contribution in [0.5, 0.6) is 0 Å². The van der Waals surface area contributed by atoms with Crippen LogP contribution in [0.3, 0.4) is 0 Å². The van der Waals surface area contributed by atoms with Crippen molar-refractivity contribution in [2.75, 3.05) is 0 Å². The molecule has 2 atom stereocenters. The van der Waals surface area contributed by atoms with Gasteiger partial charge in [-0.1, -0.05) is 6.92 Å².